The molecule has 180 valence electrons. The number of aryl methyl sites for hydroxylation is 1. The number of fused-ring (bicyclic) bond motifs is 1. The Labute approximate surface area is 212 Å². The maximum atomic E-state index is 12.8. The van der Waals surface area contributed by atoms with Crippen LogP contribution in [-0.4, -0.2) is 28.7 Å². The summed E-state index contributed by atoms with van der Waals surface area (Å²) in [5.41, 5.74) is 4.34. The van der Waals surface area contributed by atoms with E-state index >= 15 is 0 Å². The third kappa shape index (κ3) is 5.18. The van der Waals surface area contributed by atoms with Gasteiger partial charge in [0.15, 0.2) is 5.17 Å². The first-order chi connectivity index (χ1) is 17.5. The van der Waals surface area contributed by atoms with Crippen LogP contribution >= 0.6 is 11.8 Å². The summed E-state index contributed by atoms with van der Waals surface area (Å²) in [6, 6.07) is 22.8. The van der Waals surface area contributed by atoms with Gasteiger partial charge in [0.05, 0.1) is 17.7 Å². The highest BCUT2D eigenvalue weighted by Crippen LogP contribution is 2.31. The van der Waals surface area contributed by atoms with Gasteiger partial charge in [-0.15, -0.1) is 0 Å². The van der Waals surface area contributed by atoms with Crippen molar-refractivity contribution in [3.63, 3.8) is 0 Å². The maximum absolute atomic E-state index is 12.8. The van der Waals surface area contributed by atoms with E-state index in [2.05, 4.69) is 15.6 Å². The number of hydrogen-bond acceptors (Lipinski definition) is 5. The fraction of sp³-hybridized carbons (Fsp3) is 0.107. The van der Waals surface area contributed by atoms with Crippen LogP contribution in [0, 0.1) is 6.92 Å². The summed E-state index contributed by atoms with van der Waals surface area (Å²) >= 11 is 1.28. The molecule has 5 rings (SSSR count). The summed E-state index contributed by atoms with van der Waals surface area (Å²) in [6.07, 6.45) is 3.74. The van der Waals surface area contributed by atoms with Crippen molar-refractivity contribution >= 4 is 57.1 Å². The maximum Gasteiger partial charge on any atom is 0.264 e. The number of nitrogens with zero attached hydrogens (tertiary/aromatic N) is 2. The molecule has 1 fully saturated rings. The lowest BCUT2D eigenvalue weighted by atomic mass is 10.1. The van der Waals surface area contributed by atoms with Gasteiger partial charge in [-0.05, 0) is 72.8 Å². The molecule has 1 aliphatic rings. The Bertz CT molecular complexity index is 1520. The first kappa shape index (κ1) is 23.4. The number of ether oxygens (including phenoxy) is 1. The van der Waals surface area contributed by atoms with E-state index in [1.165, 1.54) is 11.8 Å². The Balaban J connectivity index is 1.38. The van der Waals surface area contributed by atoms with Crippen LogP contribution in [-0.2, 0) is 16.1 Å². The van der Waals surface area contributed by atoms with E-state index < -0.39 is 0 Å². The quantitative estimate of drug-likeness (QED) is 0.346. The average Bonchev–Trinajstić information content (AvgIpc) is 3.39. The van der Waals surface area contributed by atoms with Gasteiger partial charge in [-0.25, -0.2) is 4.99 Å². The van der Waals surface area contributed by atoms with Gasteiger partial charge in [0, 0.05) is 28.4 Å². The smallest absolute Gasteiger partial charge is 0.264 e. The van der Waals surface area contributed by atoms with Crippen LogP contribution in [0.4, 0.5) is 11.4 Å². The molecule has 4 aromatic rings. The number of rotatable bonds is 6. The van der Waals surface area contributed by atoms with Crippen LogP contribution in [0.2, 0.25) is 0 Å². The van der Waals surface area contributed by atoms with Crippen molar-refractivity contribution in [2.75, 3.05) is 12.4 Å². The van der Waals surface area contributed by atoms with Crippen molar-refractivity contribution in [3.8, 4) is 5.75 Å². The molecule has 0 saturated carbocycles. The second-order valence-corrected chi connectivity index (χ2v) is 9.36. The number of amides is 2. The Morgan fingerprint density at radius 3 is 2.69 bits per heavy atom. The highest BCUT2D eigenvalue weighted by atomic mass is 32.2. The number of amidine groups is 1. The molecular weight excluding hydrogens is 472 g/mol. The molecule has 0 bridgehead atoms. The number of hydrogen-bond donors (Lipinski definition) is 2. The van der Waals surface area contributed by atoms with Crippen LogP contribution in [0.1, 0.15) is 11.1 Å². The number of aromatic nitrogens is 1. The Hall–Kier alpha value is -4.30. The highest BCUT2D eigenvalue weighted by Gasteiger charge is 2.24. The Morgan fingerprint density at radius 2 is 1.92 bits per heavy atom. The van der Waals surface area contributed by atoms with Crippen LogP contribution in [0.3, 0.4) is 0 Å². The van der Waals surface area contributed by atoms with Crippen molar-refractivity contribution in [1.29, 1.82) is 0 Å². The summed E-state index contributed by atoms with van der Waals surface area (Å²) in [5, 5.41) is 7.25. The van der Waals surface area contributed by atoms with Gasteiger partial charge in [-0.3, -0.25) is 9.59 Å². The van der Waals surface area contributed by atoms with Crippen LogP contribution in [0.25, 0.3) is 17.0 Å². The summed E-state index contributed by atoms with van der Waals surface area (Å²) < 4.78 is 7.08. The lowest BCUT2D eigenvalue weighted by Gasteiger charge is -2.08. The second kappa shape index (κ2) is 10.1. The van der Waals surface area contributed by atoms with Crippen molar-refractivity contribution < 1.29 is 14.3 Å². The van der Waals surface area contributed by atoms with Gasteiger partial charge in [0.25, 0.3) is 5.91 Å². The zero-order valence-corrected chi connectivity index (χ0v) is 20.6. The molecule has 3 aromatic carbocycles. The van der Waals surface area contributed by atoms with Crippen molar-refractivity contribution in [3.05, 3.63) is 95.0 Å². The van der Waals surface area contributed by atoms with E-state index in [0.29, 0.717) is 10.1 Å². The number of thioether (sulfide) groups is 1. The van der Waals surface area contributed by atoms with Crippen molar-refractivity contribution in [1.82, 2.24) is 9.88 Å². The molecule has 1 aliphatic heterocycles. The predicted molar refractivity (Wildman–Crippen MR) is 146 cm³/mol. The number of anilines is 1. The number of benzene rings is 3. The molecule has 0 radical (unpaired) electrons. The highest BCUT2D eigenvalue weighted by molar-refractivity contribution is 8.18. The second-order valence-electron chi connectivity index (χ2n) is 8.33. The van der Waals surface area contributed by atoms with Crippen molar-refractivity contribution in [2.24, 2.45) is 4.99 Å². The van der Waals surface area contributed by atoms with E-state index in [9.17, 15) is 9.59 Å². The molecule has 1 saturated heterocycles. The van der Waals surface area contributed by atoms with Gasteiger partial charge in [0.2, 0.25) is 5.91 Å². The number of carbonyl (C=O) groups is 2. The van der Waals surface area contributed by atoms with E-state index in [4.69, 9.17) is 4.74 Å². The molecule has 8 heteroatoms. The largest absolute Gasteiger partial charge is 0.497 e. The van der Waals surface area contributed by atoms with Gasteiger partial charge in [-0.2, -0.15) is 0 Å². The summed E-state index contributed by atoms with van der Waals surface area (Å²) in [5.74, 6) is 0.412. The summed E-state index contributed by atoms with van der Waals surface area (Å²) in [6.45, 7) is 2.14. The Morgan fingerprint density at radius 1 is 1.11 bits per heavy atom. The zero-order chi connectivity index (χ0) is 25.1. The number of para-hydroxylation sites is 1. The molecule has 0 spiro atoms. The fourth-order valence-corrected chi connectivity index (χ4v) is 4.83. The standard InChI is InChI=1S/C28H24N4O3S/c1-18-6-5-7-21(14-18)29-26(33)17-32-16-19(23-8-3-4-9-24(23)32)15-25-27(34)31-28(36-25)30-20-10-12-22(35-2)13-11-20/h3-16H,17H2,1-2H3,(H,29,33)(H,30,31,34). The minimum atomic E-state index is -0.207. The first-order valence-electron chi connectivity index (χ1n) is 11.4. The van der Waals surface area contributed by atoms with E-state index in [1.807, 2.05) is 96.6 Å². The third-order valence-corrected chi connectivity index (χ3v) is 6.59. The Kier molecular flexibility index (Phi) is 6.60. The minimum Gasteiger partial charge on any atom is -0.497 e. The fourth-order valence-electron chi connectivity index (χ4n) is 3.99. The predicted octanol–water partition coefficient (Wildman–Crippen LogP) is 5.49. The van der Waals surface area contributed by atoms with E-state index in [-0.39, 0.29) is 18.4 Å². The van der Waals surface area contributed by atoms with Crippen LogP contribution in [0.15, 0.2) is 88.9 Å². The lowest BCUT2D eigenvalue weighted by Crippen LogP contribution is -2.19. The van der Waals surface area contributed by atoms with E-state index in [0.717, 1.165) is 39.2 Å². The number of methoxy groups -OCH3 is 1. The molecule has 0 aliphatic carbocycles. The third-order valence-electron chi connectivity index (χ3n) is 5.68. The SMILES string of the molecule is COc1ccc(N=C2NC(=O)C(=Cc3cn(CC(=O)Nc4cccc(C)c4)c4ccccc34)S2)cc1. The molecule has 0 atom stereocenters. The van der Waals surface area contributed by atoms with Crippen LogP contribution < -0.4 is 15.4 Å². The number of carbonyl (C=O) groups excluding carboxylic acids is 2. The molecule has 36 heavy (non-hydrogen) atoms. The summed E-state index contributed by atoms with van der Waals surface area (Å²) in [4.78, 5) is 30.5. The first-order valence-corrected chi connectivity index (χ1v) is 12.2. The molecule has 1 aromatic heterocycles. The van der Waals surface area contributed by atoms with Crippen molar-refractivity contribution in [2.45, 2.75) is 13.5 Å². The normalized spacial score (nSPS) is 15.4. The zero-order valence-electron chi connectivity index (χ0n) is 19.8. The van der Waals surface area contributed by atoms with Gasteiger partial charge in [-0.1, -0.05) is 30.3 Å². The van der Waals surface area contributed by atoms with Gasteiger partial charge < -0.3 is 19.9 Å². The van der Waals surface area contributed by atoms with Gasteiger partial charge >= 0.3 is 0 Å². The number of aliphatic imine (C=N–C) groups is 1. The monoisotopic (exact) mass is 496 g/mol. The molecule has 0 unspecified atom stereocenters. The summed E-state index contributed by atoms with van der Waals surface area (Å²) in [7, 11) is 1.61. The molecule has 2 heterocycles. The topological polar surface area (TPSA) is 84.7 Å². The molecular formula is C28H24N4O3S. The lowest BCUT2D eigenvalue weighted by molar-refractivity contribution is -0.117. The molecule has 2 amide bonds. The van der Waals surface area contributed by atoms with Gasteiger partial charge in [0.1, 0.15) is 12.3 Å². The minimum absolute atomic E-state index is 0.123. The average molecular weight is 497 g/mol. The molecule has 7 nitrogen and oxygen atoms in total. The van der Waals surface area contributed by atoms with E-state index in [1.54, 1.807) is 7.11 Å². The number of nitrogens with one attached hydrogen (secondary N) is 2. The van der Waals surface area contributed by atoms with Crippen LogP contribution in [0.5, 0.6) is 5.75 Å². The molecule has 2 N–H and O–H groups in total.